The molecule has 1 nitrogen and oxygen atoms in total. The van der Waals surface area contributed by atoms with Crippen molar-refractivity contribution in [3.63, 3.8) is 0 Å². The zero-order valence-corrected chi connectivity index (χ0v) is 15.7. The summed E-state index contributed by atoms with van der Waals surface area (Å²) >= 11 is 0. The smallest absolute Gasteiger partial charge is 0.313 e. The zero-order chi connectivity index (χ0) is 17.9. The lowest BCUT2D eigenvalue weighted by molar-refractivity contribution is -0.280. The molecule has 0 aromatic heterocycles. The molecule has 0 bridgehead atoms. The number of fused-ring (bicyclic) bond motifs is 1. The van der Waals surface area contributed by atoms with Crippen LogP contribution in [0.5, 0.6) is 0 Å². The lowest BCUT2D eigenvalue weighted by Crippen LogP contribution is -2.34. The van der Waals surface area contributed by atoms with Crippen LogP contribution in [-0.2, 0) is 17.3 Å². The predicted molar refractivity (Wildman–Crippen MR) is 98.0 cm³/mol. The molecule has 3 heteroatoms. The molecule has 0 N–H and O–H groups in total. The van der Waals surface area contributed by atoms with Gasteiger partial charge in [0, 0.05) is 0 Å². The van der Waals surface area contributed by atoms with Gasteiger partial charge in [-0.05, 0) is 67.6 Å². The highest BCUT2D eigenvalue weighted by Crippen LogP contribution is 2.43. The fraction of sp³-hybridized carbons (Fsp3) is 0.727. The number of benzene rings is 1. The number of ether oxygens (including phenoxy) is 1. The van der Waals surface area contributed by atoms with E-state index in [1.54, 1.807) is 6.07 Å². The Kier molecular flexibility index (Phi) is 6.14. The van der Waals surface area contributed by atoms with Crippen LogP contribution in [0.1, 0.15) is 94.2 Å². The molecule has 1 aliphatic heterocycles. The topological polar surface area (TPSA) is 9.23 Å². The Balaban J connectivity index is 1.65. The number of rotatable bonds is 6. The van der Waals surface area contributed by atoms with E-state index in [0.29, 0.717) is 18.8 Å². The van der Waals surface area contributed by atoms with Crippen molar-refractivity contribution in [1.82, 2.24) is 0 Å². The van der Waals surface area contributed by atoms with E-state index >= 15 is 0 Å². The van der Waals surface area contributed by atoms with Crippen LogP contribution < -0.4 is 0 Å². The average Bonchev–Trinajstić information content (AvgIpc) is 2.62. The Labute approximate surface area is 151 Å². The molecule has 140 valence electrons. The molecule has 1 unspecified atom stereocenters. The van der Waals surface area contributed by atoms with Gasteiger partial charge in [-0.25, -0.2) is 0 Å². The molecule has 0 radical (unpaired) electrons. The Morgan fingerprint density at radius 3 is 2.52 bits per heavy atom. The summed E-state index contributed by atoms with van der Waals surface area (Å²) in [5, 5.41) is 0. The third-order valence-electron chi connectivity index (χ3n) is 6.20. The zero-order valence-electron chi connectivity index (χ0n) is 15.7. The number of hydrogen-bond donors (Lipinski definition) is 0. The summed E-state index contributed by atoms with van der Waals surface area (Å²) in [4.78, 5) is 0. The summed E-state index contributed by atoms with van der Waals surface area (Å²) in [5.41, 5.74) is 1.96. The van der Waals surface area contributed by atoms with Crippen molar-refractivity contribution in [3.05, 3.63) is 34.9 Å². The van der Waals surface area contributed by atoms with Gasteiger partial charge in [-0.3, -0.25) is 0 Å². The largest absolute Gasteiger partial charge is 0.383 e. The number of halogens is 2. The van der Waals surface area contributed by atoms with Crippen LogP contribution in [0.3, 0.4) is 0 Å². The molecule has 1 atom stereocenters. The van der Waals surface area contributed by atoms with Crippen molar-refractivity contribution in [2.24, 2.45) is 5.92 Å². The van der Waals surface area contributed by atoms with Gasteiger partial charge in [0.2, 0.25) is 0 Å². The van der Waals surface area contributed by atoms with Crippen LogP contribution in [0.25, 0.3) is 0 Å². The van der Waals surface area contributed by atoms with Crippen LogP contribution in [0.15, 0.2) is 18.2 Å². The SMILES string of the molecule is CCCCCC1CCC(c2ccc3c(c2)C(F)(F)OC(CC)C3)CC1. The molecule has 1 aliphatic carbocycles. The standard InChI is InChI=1S/C22H32F2O/c1-3-5-6-7-16-8-10-17(11-9-16)18-12-13-19-14-20(4-2)25-22(23,24)21(19)15-18/h12-13,15-17,20H,3-11,14H2,1-2H3. The summed E-state index contributed by atoms with van der Waals surface area (Å²) in [5.74, 6) is 1.28. The maximum Gasteiger partial charge on any atom is 0.383 e. The minimum atomic E-state index is -3.14. The summed E-state index contributed by atoms with van der Waals surface area (Å²) in [7, 11) is 0. The third kappa shape index (κ3) is 4.42. The van der Waals surface area contributed by atoms with E-state index in [4.69, 9.17) is 4.74 Å². The van der Waals surface area contributed by atoms with Crippen molar-refractivity contribution in [1.29, 1.82) is 0 Å². The van der Waals surface area contributed by atoms with Crippen LogP contribution in [0, 0.1) is 5.92 Å². The molecule has 3 rings (SSSR count). The minimum Gasteiger partial charge on any atom is -0.313 e. The molecular formula is C22H32F2O. The maximum absolute atomic E-state index is 14.4. The molecule has 25 heavy (non-hydrogen) atoms. The molecular weight excluding hydrogens is 318 g/mol. The summed E-state index contributed by atoms with van der Waals surface area (Å²) < 4.78 is 33.8. The molecule has 1 saturated carbocycles. The van der Waals surface area contributed by atoms with Crippen LogP contribution in [0.4, 0.5) is 8.78 Å². The predicted octanol–water partition coefficient (Wildman–Crippen LogP) is 6.94. The Bertz CT molecular complexity index is 561. The Morgan fingerprint density at radius 2 is 1.84 bits per heavy atom. The summed E-state index contributed by atoms with van der Waals surface area (Å²) in [6.45, 7) is 4.15. The fourth-order valence-electron chi connectivity index (χ4n) is 4.55. The van der Waals surface area contributed by atoms with E-state index in [1.165, 1.54) is 38.5 Å². The first-order valence-corrected chi connectivity index (χ1v) is 10.2. The lowest BCUT2D eigenvalue weighted by Gasteiger charge is -2.33. The van der Waals surface area contributed by atoms with Gasteiger partial charge in [-0.1, -0.05) is 51.7 Å². The normalized spacial score (nSPS) is 28.6. The molecule has 0 spiro atoms. The van der Waals surface area contributed by atoms with Gasteiger partial charge >= 0.3 is 6.11 Å². The summed E-state index contributed by atoms with van der Waals surface area (Å²) in [6.07, 6.45) is 7.78. The third-order valence-corrected chi connectivity index (χ3v) is 6.20. The van der Waals surface area contributed by atoms with Crippen molar-refractivity contribution in [3.8, 4) is 0 Å². The molecule has 1 heterocycles. The Hall–Kier alpha value is -0.960. The van der Waals surface area contributed by atoms with Crippen LogP contribution >= 0.6 is 0 Å². The maximum atomic E-state index is 14.4. The first kappa shape index (κ1) is 18.8. The van der Waals surface area contributed by atoms with Gasteiger partial charge in [-0.2, -0.15) is 8.78 Å². The molecule has 1 fully saturated rings. The second-order valence-corrected chi connectivity index (χ2v) is 8.00. The van der Waals surface area contributed by atoms with Gasteiger partial charge in [0.05, 0.1) is 11.7 Å². The van der Waals surface area contributed by atoms with Gasteiger partial charge in [-0.15, -0.1) is 0 Å². The lowest BCUT2D eigenvalue weighted by atomic mass is 9.76. The molecule has 1 aromatic rings. The first-order valence-electron chi connectivity index (χ1n) is 10.2. The van der Waals surface area contributed by atoms with Gasteiger partial charge in [0.1, 0.15) is 0 Å². The second kappa shape index (κ2) is 8.16. The number of alkyl halides is 2. The molecule has 0 saturated heterocycles. The minimum absolute atomic E-state index is 0.111. The highest BCUT2D eigenvalue weighted by atomic mass is 19.3. The molecule has 2 aliphatic rings. The molecule has 0 amide bonds. The van der Waals surface area contributed by atoms with Crippen molar-refractivity contribution in [2.75, 3.05) is 0 Å². The van der Waals surface area contributed by atoms with E-state index in [0.717, 1.165) is 29.9 Å². The van der Waals surface area contributed by atoms with Crippen molar-refractivity contribution >= 4 is 0 Å². The van der Waals surface area contributed by atoms with E-state index in [-0.39, 0.29) is 11.7 Å². The average molecular weight is 350 g/mol. The first-order chi connectivity index (χ1) is 12.0. The van der Waals surface area contributed by atoms with Gasteiger partial charge < -0.3 is 4.74 Å². The van der Waals surface area contributed by atoms with Crippen molar-refractivity contribution in [2.45, 2.75) is 96.2 Å². The van der Waals surface area contributed by atoms with Crippen molar-refractivity contribution < 1.29 is 13.5 Å². The van der Waals surface area contributed by atoms with E-state index in [1.807, 2.05) is 13.0 Å². The van der Waals surface area contributed by atoms with Gasteiger partial charge in [0.15, 0.2) is 0 Å². The quantitative estimate of drug-likeness (QED) is 0.505. The van der Waals surface area contributed by atoms with E-state index in [9.17, 15) is 8.78 Å². The molecule has 1 aromatic carbocycles. The number of unbranched alkanes of at least 4 members (excludes halogenated alkanes) is 2. The Morgan fingerprint density at radius 1 is 1.08 bits per heavy atom. The second-order valence-electron chi connectivity index (χ2n) is 8.00. The van der Waals surface area contributed by atoms with E-state index < -0.39 is 6.11 Å². The van der Waals surface area contributed by atoms with E-state index in [2.05, 4.69) is 13.0 Å². The van der Waals surface area contributed by atoms with Crippen LogP contribution in [-0.4, -0.2) is 6.10 Å². The number of hydrogen-bond acceptors (Lipinski definition) is 1. The summed E-state index contributed by atoms with van der Waals surface area (Å²) in [6, 6.07) is 5.76. The van der Waals surface area contributed by atoms with Gasteiger partial charge in [0.25, 0.3) is 0 Å². The monoisotopic (exact) mass is 350 g/mol. The highest BCUT2D eigenvalue weighted by molar-refractivity contribution is 5.37. The highest BCUT2D eigenvalue weighted by Gasteiger charge is 2.42. The fourth-order valence-corrected chi connectivity index (χ4v) is 4.55. The van der Waals surface area contributed by atoms with Crippen LogP contribution in [0.2, 0.25) is 0 Å².